The standard InChI is InChI=1S/C19H16ClNO4.C9H13N5O4/c1-11-15(10-18(22)23)16-9-14(25-2)7-8-17(16)21(11)19(24)12-3-5-13(20)6-4-12;10-9-12-7-6(8(17)13-9)11-3-14(7)4-18-5(1-15)2-16/h3-9H,10H2,1-2H3,(H,22,23);3,5,15-16H,1-2,4H2,(H3,10,12,13,17). The number of rotatable bonds is 9. The van der Waals surface area contributed by atoms with Crippen LogP contribution in [0.1, 0.15) is 21.6 Å². The summed E-state index contributed by atoms with van der Waals surface area (Å²) in [5, 5.41) is 28.2. The van der Waals surface area contributed by atoms with Crippen LogP contribution in [-0.4, -0.2) is 77.7 Å². The Morgan fingerprint density at radius 2 is 1.84 bits per heavy atom. The summed E-state index contributed by atoms with van der Waals surface area (Å²) in [5.74, 6) is -0.602. The van der Waals surface area contributed by atoms with E-state index in [1.54, 1.807) is 56.5 Å². The average molecular weight is 613 g/mol. The zero-order chi connectivity index (χ0) is 31.3. The van der Waals surface area contributed by atoms with Gasteiger partial charge in [-0.15, -0.1) is 0 Å². The van der Waals surface area contributed by atoms with Gasteiger partial charge in [-0.1, -0.05) is 11.6 Å². The van der Waals surface area contributed by atoms with E-state index in [0.717, 1.165) is 0 Å². The van der Waals surface area contributed by atoms with Crippen LogP contribution in [0.2, 0.25) is 5.02 Å². The van der Waals surface area contributed by atoms with Crippen LogP contribution in [0.3, 0.4) is 0 Å². The van der Waals surface area contributed by atoms with Crippen molar-refractivity contribution in [3.05, 3.63) is 81.0 Å². The van der Waals surface area contributed by atoms with E-state index in [9.17, 15) is 19.5 Å². The van der Waals surface area contributed by atoms with E-state index in [1.807, 2.05) is 0 Å². The predicted molar refractivity (Wildman–Crippen MR) is 157 cm³/mol. The molecular weight excluding hydrogens is 584 g/mol. The maximum Gasteiger partial charge on any atom is 0.307 e. The first-order chi connectivity index (χ1) is 20.6. The number of nitrogens with one attached hydrogen (secondary N) is 1. The molecular formula is C28H29ClN6O8. The molecule has 43 heavy (non-hydrogen) atoms. The number of halogens is 1. The maximum absolute atomic E-state index is 13.0. The molecule has 0 fully saturated rings. The van der Waals surface area contributed by atoms with Crippen LogP contribution in [0.5, 0.6) is 5.75 Å². The molecule has 0 radical (unpaired) electrons. The Morgan fingerprint density at radius 1 is 1.14 bits per heavy atom. The van der Waals surface area contributed by atoms with E-state index < -0.39 is 17.6 Å². The molecule has 0 atom stereocenters. The quantitative estimate of drug-likeness (QED) is 0.162. The number of nitrogens with zero attached hydrogens (tertiary/aromatic N) is 4. The van der Waals surface area contributed by atoms with Crippen molar-refractivity contribution in [1.82, 2.24) is 24.1 Å². The molecule has 0 saturated heterocycles. The molecule has 14 nitrogen and oxygen atoms in total. The lowest BCUT2D eigenvalue weighted by Crippen LogP contribution is -2.23. The number of methoxy groups -OCH3 is 1. The van der Waals surface area contributed by atoms with Gasteiger partial charge in [0, 0.05) is 21.7 Å². The van der Waals surface area contributed by atoms with Gasteiger partial charge in [0.25, 0.3) is 11.5 Å². The van der Waals surface area contributed by atoms with E-state index in [2.05, 4.69) is 15.0 Å². The van der Waals surface area contributed by atoms with Crippen molar-refractivity contribution < 1.29 is 34.4 Å². The molecule has 0 spiro atoms. The van der Waals surface area contributed by atoms with Crippen LogP contribution in [0.4, 0.5) is 5.95 Å². The fourth-order valence-corrected chi connectivity index (χ4v) is 4.49. The largest absolute Gasteiger partial charge is 0.497 e. The lowest BCUT2D eigenvalue weighted by Gasteiger charge is -2.12. The minimum absolute atomic E-state index is 0.00181. The number of benzene rings is 2. The molecule has 0 aliphatic heterocycles. The van der Waals surface area contributed by atoms with Crippen molar-refractivity contribution in [2.75, 3.05) is 26.1 Å². The zero-order valence-corrected chi connectivity index (χ0v) is 23.9. The van der Waals surface area contributed by atoms with Crippen LogP contribution in [0, 0.1) is 6.92 Å². The van der Waals surface area contributed by atoms with Gasteiger partial charge in [-0.3, -0.25) is 28.5 Å². The molecule has 0 saturated carbocycles. The second-order valence-corrected chi connectivity index (χ2v) is 9.72. The monoisotopic (exact) mass is 612 g/mol. The number of aliphatic carboxylic acids is 1. The normalized spacial score (nSPS) is 11.1. The zero-order valence-electron chi connectivity index (χ0n) is 23.2. The summed E-state index contributed by atoms with van der Waals surface area (Å²) in [4.78, 5) is 45.9. The number of nitrogen functional groups attached to an aromatic ring is 1. The lowest BCUT2D eigenvalue weighted by molar-refractivity contribution is -0.136. The van der Waals surface area contributed by atoms with E-state index in [-0.39, 0.29) is 49.4 Å². The number of fused-ring (bicyclic) bond motifs is 2. The fourth-order valence-electron chi connectivity index (χ4n) is 4.36. The number of aromatic amines is 1. The highest BCUT2D eigenvalue weighted by molar-refractivity contribution is 6.30. The second-order valence-electron chi connectivity index (χ2n) is 9.29. The summed E-state index contributed by atoms with van der Waals surface area (Å²) in [6, 6.07) is 11.9. The first kappa shape index (κ1) is 31.2. The fraction of sp³-hybridized carbons (Fsp3) is 0.250. The Morgan fingerprint density at radius 3 is 2.47 bits per heavy atom. The topological polar surface area (TPSA) is 208 Å². The summed E-state index contributed by atoms with van der Waals surface area (Å²) in [7, 11) is 1.54. The molecule has 226 valence electrons. The highest BCUT2D eigenvalue weighted by atomic mass is 35.5. The van der Waals surface area contributed by atoms with Gasteiger partial charge in [0.15, 0.2) is 11.2 Å². The van der Waals surface area contributed by atoms with Crippen molar-refractivity contribution in [3.8, 4) is 5.75 Å². The van der Waals surface area contributed by atoms with Crippen LogP contribution in [0.15, 0.2) is 53.6 Å². The van der Waals surface area contributed by atoms with Gasteiger partial charge in [0.05, 0.1) is 38.6 Å². The molecule has 5 rings (SSSR count). The van der Waals surface area contributed by atoms with Crippen LogP contribution >= 0.6 is 11.6 Å². The van der Waals surface area contributed by atoms with Gasteiger partial charge < -0.3 is 30.5 Å². The molecule has 5 aromatic rings. The number of H-pyrrole nitrogens is 1. The van der Waals surface area contributed by atoms with E-state index in [4.69, 9.17) is 37.0 Å². The van der Waals surface area contributed by atoms with Crippen LogP contribution in [-0.2, 0) is 22.7 Å². The van der Waals surface area contributed by atoms with Crippen molar-refractivity contribution in [3.63, 3.8) is 0 Å². The summed E-state index contributed by atoms with van der Waals surface area (Å²) >= 11 is 5.89. The molecule has 0 amide bonds. The molecule has 15 heteroatoms. The van der Waals surface area contributed by atoms with Crippen molar-refractivity contribution in [2.24, 2.45) is 0 Å². The third-order valence-electron chi connectivity index (χ3n) is 6.51. The smallest absolute Gasteiger partial charge is 0.307 e. The molecule has 6 N–H and O–H groups in total. The molecule has 3 aromatic heterocycles. The molecule has 0 aliphatic carbocycles. The number of aliphatic hydroxyl groups is 2. The number of aromatic nitrogens is 5. The highest BCUT2D eigenvalue weighted by Gasteiger charge is 2.22. The first-order valence-electron chi connectivity index (χ1n) is 12.8. The Labute approximate surface area is 248 Å². The van der Waals surface area contributed by atoms with Crippen LogP contribution < -0.4 is 16.0 Å². The van der Waals surface area contributed by atoms with Gasteiger partial charge >= 0.3 is 5.97 Å². The van der Waals surface area contributed by atoms with Gasteiger partial charge in [0.2, 0.25) is 5.95 Å². The summed E-state index contributed by atoms with van der Waals surface area (Å²) in [6.45, 7) is 1.13. The van der Waals surface area contributed by atoms with Crippen LogP contribution in [0.25, 0.3) is 22.1 Å². The minimum atomic E-state index is -0.955. The molecule has 2 aromatic carbocycles. The third-order valence-corrected chi connectivity index (χ3v) is 6.77. The number of aliphatic hydroxyl groups excluding tert-OH is 2. The van der Waals surface area contributed by atoms with Crippen molar-refractivity contribution in [2.45, 2.75) is 26.2 Å². The Kier molecular flexibility index (Phi) is 9.77. The Balaban J connectivity index is 0.000000208. The van der Waals surface area contributed by atoms with Crippen molar-refractivity contribution in [1.29, 1.82) is 0 Å². The van der Waals surface area contributed by atoms with E-state index in [0.29, 0.717) is 38.5 Å². The van der Waals surface area contributed by atoms with E-state index in [1.165, 1.54) is 15.5 Å². The summed E-state index contributed by atoms with van der Waals surface area (Å²) in [6.07, 6.45) is 0.510. The number of ether oxygens (including phenoxy) is 2. The maximum atomic E-state index is 13.0. The number of imidazole rings is 1. The molecule has 0 bridgehead atoms. The number of carbonyl (C=O) groups is 2. The number of anilines is 1. The molecule has 0 aliphatic rings. The number of nitrogens with two attached hydrogens (primary N) is 1. The second kappa shape index (κ2) is 13.5. The molecule has 0 unspecified atom stereocenters. The number of hydrogen-bond donors (Lipinski definition) is 5. The van der Waals surface area contributed by atoms with Gasteiger partial charge in [-0.25, -0.2) is 4.98 Å². The number of carboxylic acids is 1. The van der Waals surface area contributed by atoms with Crippen molar-refractivity contribution >= 4 is 51.5 Å². The molecule has 3 heterocycles. The lowest BCUT2D eigenvalue weighted by atomic mass is 10.1. The summed E-state index contributed by atoms with van der Waals surface area (Å²) < 4.78 is 13.4. The summed E-state index contributed by atoms with van der Waals surface area (Å²) in [5.41, 5.74) is 7.76. The Hall–Kier alpha value is -4.76. The van der Waals surface area contributed by atoms with Gasteiger partial charge in [0.1, 0.15) is 18.6 Å². The predicted octanol–water partition coefficient (Wildman–Crippen LogP) is 1.96. The Bertz CT molecular complexity index is 1830. The average Bonchev–Trinajstić information content (AvgIpc) is 3.51. The third kappa shape index (κ3) is 6.84. The van der Waals surface area contributed by atoms with Gasteiger partial charge in [-0.05, 0) is 55.0 Å². The van der Waals surface area contributed by atoms with Gasteiger partial charge in [-0.2, -0.15) is 4.98 Å². The number of carboxylic acid groups (broad SMARTS) is 1. The minimum Gasteiger partial charge on any atom is -0.497 e. The number of hydrogen-bond acceptors (Lipinski definition) is 10. The highest BCUT2D eigenvalue weighted by Crippen LogP contribution is 2.30. The SMILES string of the molecule is COc1ccc2c(c1)c(CC(=O)O)c(C)n2C(=O)c1ccc(Cl)cc1.Nc1nc2c(ncn2COC(CO)CO)c(=O)[nH]1. The number of carbonyl (C=O) groups excluding carboxylic acids is 1. The first-order valence-corrected chi connectivity index (χ1v) is 13.2. The van der Waals surface area contributed by atoms with E-state index >= 15 is 0 Å².